The predicted molar refractivity (Wildman–Crippen MR) is 207 cm³/mol. The Morgan fingerprint density at radius 2 is 1.47 bits per heavy atom. The van der Waals surface area contributed by atoms with Crippen LogP contribution in [-0.4, -0.2) is 60.8 Å². The molecule has 2 fully saturated rings. The first-order valence-electron chi connectivity index (χ1n) is 18.8. The summed E-state index contributed by atoms with van der Waals surface area (Å²) in [6.07, 6.45) is 4.34. The minimum absolute atomic E-state index is 0.00000496. The highest BCUT2D eigenvalue weighted by atomic mass is 16.7. The summed E-state index contributed by atoms with van der Waals surface area (Å²) in [5.74, 6) is -0.0191. The normalized spacial score (nSPS) is 19.1. The maximum atomic E-state index is 12.6. The van der Waals surface area contributed by atoms with Crippen LogP contribution in [0, 0.1) is 0 Å². The van der Waals surface area contributed by atoms with Gasteiger partial charge in [-0.1, -0.05) is 91.7 Å². The van der Waals surface area contributed by atoms with E-state index in [1.54, 1.807) is 12.1 Å². The Balaban J connectivity index is 0.969. The third kappa shape index (κ3) is 11.5. The zero-order chi connectivity index (χ0) is 36.8. The number of nitrogens with two attached hydrogens (primary N) is 1. The lowest BCUT2D eigenvalue weighted by Crippen LogP contribution is -2.44. The monoisotopic (exact) mass is 720 g/mol. The van der Waals surface area contributed by atoms with Crippen LogP contribution in [0.1, 0.15) is 79.6 Å². The average molecular weight is 721 g/mol. The molecule has 3 atom stereocenters. The van der Waals surface area contributed by atoms with Gasteiger partial charge in [0.05, 0.1) is 43.4 Å². The summed E-state index contributed by atoms with van der Waals surface area (Å²) in [4.78, 5) is 27.2. The standard InChI is InChI=1S/C43H52N4O6/c44-38-10-5-6-11-39(38)46-42(50)13-4-2-1-3-12-41(49)45-28-32-8-7-9-36(26-32)33-18-20-35(21-19-33)43-52-37(29-47-22-24-51-25-23-47)27-40(53-43)34-16-14-31(30-48)15-17-34/h5-11,14-21,26,37,40,43,48H,1-4,12-13,22-25,27-30,44H2,(H,45,49)(H,46,50)/t37-,40+,43+/m0/s1. The van der Waals surface area contributed by atoms with Crippen molar-refractivity contribution in [2.24, 2.45) is 0 Å². The van der Waals surface area contributed by atoms with E-state index in [1.165, 1.54) is 0 Å². The highest BCUT2D eigenvalue weighted by Gasteiger charge is 2.33. The van der Waals surface area contributed by atoms with E-state index >= 15 is 0 Å². The molecule has 0 aromatic heterocycles. The molecule has 280 valence electrons. The first kappa shape index (κ1) is 38.2. The number of aliphatic hydroxyl groups excluding tert-OH is 1. The highest BCUT2D eigenvalue weighted by Crippen LogP contribution is 2.38. The first-order valence-corrected chi connectivity index (χ1v) is 18.8. The molecular formula is C43H52N4O6. The van der Waals surface area contributed by atoms with Crippen LogP contribution in [0.3, 0.4) is 0 Å². The van der Waals surface area contributed by atoms with Crippen LogP contribution in [0.4, 0.5) is 11.4 Å². The second-order valence-electron chi connectivity index (χ2n) is 13.9. The summed E-state index contributed by atoms with van der Waals surface area (Å²) < 4.78 is 18.7. The van der Waals surface area contributed by atoms with Gasteiger partial charge in [-0.3, -0.25) is 14.5 Å². The Morgan fingerprint density at radius 3 is 2.21 bits per heavy atom. The van der Waals surface area contributed by atoms with Crippen molar-refractivity contribution in [3.63, 3.8) is 0 Å². The van der Waals surface area contributed by atoms with Gasteiger partial charge >= 0.3 is 0 Å². The van der Waals surface area contributed by atoms with E-state index in [9.17, 15) is 14.7 Å². The number of nitrogens with zero attached hydrogens (tertiary/aromatic N) is 1. The van der Waals surface area contributed by atoms with E-state index < -0.39 is 6.29 Å². The lowest BCUT2D eigenvalue weighted by Gasteiger charge is -2.39. The molecule has 2 aliphatic heterocycles. The quantitative estimate of drug-likeness (QED) is 0.0726. The molecule has 10 nitrogen and oxygen atoms in total. The Hall–Kier alpha value is -4.58. The molecule has 0 radical (unpaired) electrons. The van der Waals surface area contributed by atoms with Crippen LogP contribution in [-0.2, 0) is 37.0 Å². The third-order valence-electron chi connectivity index (χ3n) is 9.91. The number of unbranched alkanes of at least 4 members (excludes halogenated alkanes) is 3. The fourth-order valence-corrected chi connectivity index (χ4v) is 6.84. The molecule has 2 amide bonds. The van der Waals surface area contributed by atoms with Gasteiger partial charge in [0.1, 0.15) is 0 Å². The van der Waals surface area contributed by atoms with Gasteiger partial charge in [0, 0.05) is 51.0 Å². The fourth-order valence-electron chi connectivity index (χ4n) is 6.84. The van der Waals surface area contributed by atoms with Crippen molar-refractivity contribution in [2.45, 2.75) is 76.6 Å². The predicted octanol–water partition coefficient (Wildman–Crippen LogP) is 6.90. The van der Waals surface area contributed by atoms with Crippen LogP contribution in [0.5, 0.6) is 0 Å². The molecule has 2 heterocycles. The second kappa shape index (κ2) is 19.5. The number of nitrogens with one attached hydrogen (secondary N) is 2. The molecule has 2 saturated heterocycles. The number of aliphatic hydroxyl groups is 1. The molecule has 6 rings (SSSR count). The van der Waals surface area contributed by atoms with Gasteiger partial charge in [0.25, 0.3) is 0 Å². The summed E-state index contributed by atoms with van der Waals surface area (Å²) >= 11 is 0. The minimum atomic E-state index is -0.507. The van der Waals surface area contributed by atoms with Crippen LogP contribution in [0.15, 0.2) is 97.1 Å². The van der Waals surface area contributed by atoms with E-state index in [0.717, 1.165) is 98.3 Å². The lowest BCUT2D eigenvalue weighted by molar-refractivity contribution is -0.253. The number of hydrogen-bond acceptors (Lipinski definition) is 8. The van der Waals surface area contributed by atoms with Crippen molar-refractivity contribution in [1.29, 1.82) is 0 Å². The smallest absolute Gasteiger partial charge is 0.224 e. The van der Waals surface area contributed by atoms with Gasteiger partial charge in [0.2, 0.25) is 11.8 Å². The molecule has 10 heteroatoms. The number of ether oxygens (including phenoxy) is 3. The second-order valence-corrected chi connectivity index (χ2v) is 13.9. The SMILES string of the molecule is Nc1ccccc1NC(=O)CCCCCCC(=O)NCc1cccc(-c2ccc([C@@H]3O[C@H](CN4CCOCC4)C[C@H](c4ccc(CO)cc4)O3)cc2)c1. The van der Waals surface area contributed by atoms with Crippen LogP contribution in [0.25, 0.3) is 11.1 Å². The number of carbonyl (C=O) groups is 2. The van der Waals surface area contributed by atoms with E-state index in [2.05, 4.69) is 51.9 Å². The number of amides is 2. The van der Waals surface area contributed by atoms with Crippen molar-refractivity contribution in [1.82, 2.24) is 10.2 Å². The van der Waals surface area contributed by atoms with Crippen LogP contribution >= 0.6 is 0 Å². The molecule has 4 aromatic carbocycles. The number of hydrogen-bond donors (Lipinski definition) is 4. The zero-order valence-electron chi connectivity index (χ0n) is 30.4. The van der Waals surface area contributed by atoms with Crippen molar-refractivity contribution in [3.05, 3.63) is 119 Å². The maximum absolute atomic E-state index is 12.6. The van der Waals surface area contributed by atoms with Gasteiger partial charge < -0.3 is 35.7 Å². The Morgan fingerprint density at radius 1 is 0.755 bits per heavy atom. The van der Waals surface area contributed by atoms with E-state index in [4.69, 9.17) is 19.9 Å². The lowest BCUT2D eigenvalue weighted by atomic mass is 9.99. The topological polar surface area (TPSA) is 135 Å². The van der Waals surface area contributed by atoms with E-state index in [0.29, 0.717) is 30.8 Å². The average Bonchev–Trinajstić information content (AvgIpc) is 3.20. The number of morpholine rings is 1. The van der Waals surface area contributed by atoms with Gasteiger partial charge in [-0.15, -0.1) is 0 Å². The molecular weight excluding hydrogens is 668 g/mol. The van der Waals surface area contributed by atoms with Crippen molar-refractivity contribution >= 4 is 23.2 Å². The molecule has 0 unspecified atom stereocenters. The van der Waals surface area contributed by atoms with E-state index in [1.807, 2.05) is 48.5 Å². The molecule has 0 bridgehead atoms. The van der Waals surface area contributed by atoms with Crippen molar-refractivity contribution in [2.75, 3.05) is 43.9 Å². The van der Waals surface area contributed by atoms with Crippen molar-refractivity contribution < 1.29 is 28.9 Å². The van der Waals surface area contributed by atoms with Crippen LogP contribution < -0.4 is 16.4 Å². The van der Waals surface area contributed by atoms with Gasteiger partial charge in [0.15, 0.2) is 6.29 Å². The fraction of sp³-hybridized carbons (Fsp3) is 0.395. The summed E-state index contributed by atoms with van der Waals surface area (Å²) in [5, 5.41) is 15.4. The summed E-state index contributed by atoms with van der Waals surface area (Å²) in [6.45, 7) is 4.57. The van der Waals surface area contributed by atoms with Gasteiger partial charge in [-0.2, -0.15) is 0 Å². The van der Waals surface area contributed by atoms with Crippen molar-refractivity contribution in [3.8, 4) is 11.1 Å². The molecule has 0 saturated carbocycles. The Kier molecular flexibility index (Phi) is 14.0. The number of para-hydroxylation sites is 2. The molecule has 5 N–H and O–H groups in total. The zero-order valence-corrected chi connectivity index (χ0v) is 30.4. The summed E-state index contributed by atoms with van der Waals surface area (Å²) in [6, 6.07) is 31.8. The highest BCUT2D eigenvalue weighted by molar-refractivity contribution is 5.93. The number of nitrogen functional groups attached to an aromatic ring is 1. The first-order chi connectivity index (χ1) is 25.9. The van der Waals surface area contributed by atoms with E-state index in [-0.39, 0.29) is 30.6 Å². The van der Waals surface area contributed by atoms with Crippen LogP contribution in [0.2, 0.25) is 0 Å². The number of rotatable bonds is 16. The molecule has 53 heavy (non-hydrogen) atoms. The molecule has 4 aromatic rings. The number of benzene rings is 4. The maximum Gasteiger partial charge on any atom is 0.224 e. The van der Waals surface area contributed by atoms with Gasteiger partial charge in [-0.05, 0) is 58.9 Å². The third-order valence-corrected chi connectivity index (χ3v) is 9.91. The minimum Gasteiger partial charge on any atom is -0.397 e. The summed E-state index contributed by atoms with van der Waals surface area (Å²) in [7, 11) is 0. The Bertz CT molecular complexity index is 1760. The largest absolute Gasteiger partial charge is 0.397 e. The number of anilines is 2. The molecule has 0 spiro atoms. The summed E-state index contributed by atoms with van der Waals surface area (Å²) in [5.41, 5.74) is 13.2. The van der Waals surface area contributed by atoms with Gasteiger partial charge in [-0.25, -0.2) is 0 Å². The Labute approximate surface area is 312 Å². The number of carbonyl (C=O) groups excluding carboxylic acids is 2. The molecule has 0 aliphatic carbocycles. The molecule has 2 aliphatic rings.